The Hall–Kier alpha value is -7.99. The van der Waals surface area contributed by atoms with Crippen molar-refractivity contribution in [2.24, 2.45) is 11.8 Å². The van der Waals surface area contributed by atoms with Gasteiger partial charge in [0.25, 0.3) is 5.97 Å². The summed E-state index contributed by atoms with van der Waals surface area (Å²) in [7, 11) is 0. The van der Waals surface area contributed by atoms with Crippen LogP contribution in [0.5, 0.6) is 0 Å². The second-order valence-corrected chi connectivity index (χ2v) is 18.6. The highest BCUT2D eigenvalue weighted by Gasteiger charge is 2.31. The van der Waals surface area contributed by atoms with Gasteiger partial charge in [0.1, 0.15) is 21.7 Å². The van der Waals surface area contributed by atoms with Gasteiger partial charge in [0.15, 0.2) is 38.3 Å². The van der Waals surface area contributed by atoms with E-state index in [9.17, 15) is 14.4 Å². The van der Waals surface area contributed by atoms with Crippen LogP contribution in [0.2, 0.25) is 5.15 Å². The van der Waals surface area contributed by atoms with Crippen molar-refractivity contribution in [2.75, 3.05) is 22.1 Å². The van der Waals surface area contributed by atoms with Gasteiger partial charge in [-0.1, -0.05) is 45.7 Å². The molecule has 0 unspecified atom stereocenters. The zero-order valence-electron chi connectivity index (χ0n) is 38.6. The maximum Gasteiger partial charge on any atom is 0.300 e. The van der Waals surface area contributed by atoms with E-state index in [1.807, 2.05) is 98.5 Å². The van der Waals surface area contributed by atoms with Gasteiger partial charge in [-0.15, -0.1) is 40.8 Å². The first kappa shape index (κ1) is 53.8. The molecule has 0 radical (unpaired) electrons. The second-order valence-electron chi connectivity index (χ2n) is 15.3. The Labute approximate surface area is 445 Å². The number of nitrogens with one attached hydrogen (secondary N) is 3. The van der Waals surface area contributed by atoms with Crippen molar-refractivity contribution in [1.82, 2.24) is 84.1 Å². The van der Waals surface area contributed by atoms with Crippen LogP contribution in [0.4, 0.5) is 17.5 Å². The monoisotopic (exact) mass is 1140 g/mol. The largest absolute Gasteiger partial charge is 0.481 e. The number of halogens is 2. The molecule has 25 nitrogen and oxygen atoms in total. The van der Waals surface area contributed by atoms with E-state index in [2.05, 4.69) is 87.6 Å². The average molecular weight is 1140 g/mol. The molecule has 10 aromatic rings. The topological polar surface area (TPSA) is 340 Å². The first-order valence-corrected chi connectivity index (χ1v) is 25.3. The van der Waals surface area contributed by atoms with Crippen LogP contribution in [-0.4, -0.2) is 113 Å². The van der Waals surface area contributed by atoms with E-state index >= 15 is 0 Å². The van der Waals surface area contributed by atoms with Crippen LogP contribution in [0.25, 0.3) is 22.6 Å². The van der Waals surface area contributed by atoms with Crippen molar-refractivity contribution < 1.29 is 24.3 Å². The summed E-state index contributed by atoms with van der Waals surface area (Å²) in [5, 5.41) is 58.4. The Morgan fingerprint density at radius 2 is 1.24 bits per heavy atom. The van der Waals surface area contributed by atoms with Crippen LogP contribution in [0, 0.1) is 16.6 Å². The van der Waals surface area contributed by atoms with Crippen LogP contribution < -0.4 is 22.1 Å². The number of hydrogen-bond acceptors (Lipinski definition) is 20. The predicted octanol–water partition coefficient (Wildman–Crippen LogP) is 6.15. The third-order valence-corrected chi connectivity index (χ3v) is 12.2. The molecule has 2 saturated carbocycles. The molecule has 12 rings (SSSR count). The lowest BCUT2D eigenvalue weighted by Crippen LogP contribution is -2.32. The lowest BCUT2D eigenvalue weighted by Gasteiger charge is -1.99. The standard InChI is InChI=1S/C16H13N7OS.C10H8N6S.C6H8BrNO2.C6H5N3S.C4H4ClN3.C2H4O2/c24-15(10-4-5-10)18-11-9-23-12(17-11)6-7-14(21-23)25-16-20-19-13-3-1-2-8-22(13)16;11-7-4-5-9(14-12-7)17-10-15-13-8-3-1-2-6-16(8)10;7-3-5(9)8-6(10)4-1-2-4;10-6-8-7-5-3-1-2-4-9(5)6;5-3-1-2-4(6)8-7-3;1-2(3)4/h1-3,6-10H,4-5H2,(H,18,24);1-6H,(H2,11,12);4H,1-3H2,(H,8,9,10);1-4H,(H,8,10);1-2H,(H2,6,8);1H3,(H,3,4). The van der Waals surface area contributed by atoms with Crippen LogP contribution in [0.1, 0.15) is 32.6 Å². The molecular weight excluding hydrogens is 1100 g/mol. The van der Waals surface area contributed by atoms with E-state index in [1.54, 1.807) is 35.0 Å². The Morgan fingerprint density at radius 1 is 0.703 bits per heavy atom. The zero-order valence-corrected chi connectivity index (χ0v) is 43.4. The maximum atomic E-state index is 11.9. The summed E-state index contributed by atoms with van der Waals surface area (Å²) in [6, 6.07) is 27.7. The molecule has 30 heteroatoms. The van der Waals surface area contributed by atoms with Crippen molar-refractivity contribution in [3.05, 3.63) is 126 Å². The van der Waals surface area contributed by atoms with Gasteiger partial charge in [-0.25, -0.2) is 9.50 Å². The summed E-state index contributed by atoms with van der Waals surface area (Å²) >= 11 is 16.1. The van der Waals surface area contributed by atoms with E-state index in [0.29, 0.717) is 33.0 Å². The third kappa shape index (κ3) is 16.3. The smallest absolute Gasteiger partial charge is 0.300 e. The van der Waals surface area contributed by atoms with Crippen LogP contribution >= 0.6 is 63.3 Å². The van der Waals surface area contributed by atoms with Gasteiger partial charge in [-0.05, 0) is 134 Å². The number of rotatable bonds is 8. The quantitative estimate of drug-likeness (QED) is 0.0733. The molecule has 2 aliphatic rings. The minimum absolute atomic E-state index is 0.0351. The van der Waals surface area contributed by atoms with Crippen molar-refractivity contribution in [3.63, 3.8) is 0 Å². The normalized spacial score (nSPS) is 12.3. The maximum absolute atomic E-state index is 11.9. The molecule has 380 valence electrons. The van der Waals surface area contributed by atoms with E-state index in [1.165, 1.54) is 23.5 Å². The van der Waals surface area contributed by atoms with E-state index in [0.717, 1.165) is 69.9 Å². The van der Waals surface area contributed by atoms with Gasteiger partial charge in [0.2, 0.25) is 28.0 Å². The summed E-state index contributed by atoms with van der Waals surface area (Å²) in [6.45, 7) is 1.08. The van der Waals surface area contributed by atoms with Gasteiger partial charge in [0, 0.05) is 37.4 Å². The number of pyridine rings is 3. The number of aliphatic carboxylic acids is 1. The Balaban J connectivity index is 0.000000142. The highest BCUT2D eigenvalue weighted by Crippen LogP contribution is 2.31. The minimum atomic E-state index is -0.833. The number of carbonyl (C=O) groups is 4. The number of imide groups is 1. The molecule has 0 atom stereocenters. The molecular formula is C44H42BrClN20O5S3. The molecule has 3 amide bonds. The fraction of sp³-hybridized carbons (Fsp3) is 0.182. The van der Waals surface area contributed by atoms with Crippen LogP contribution in [0.3, 0.4) is 0 Å². The van der Waals surface area contributed by atoms with Crippen LogP contribution in [-0.2, 0) is 19.2 Å². The van der Waals surface area contributed by atoms with Crippen molar-refractivity contribution >= 4 is 127 Å². The first-order chi connectivity index (χ1) is 35.7. The molecule has 2 aliphatic carbocycles. The number of anilines is 3. The average Bonchev–Trinajstić information content (AvgIpc) is 4.29. The SMILES string of the molecule is CC(=O)O.Nc1ccc(Cl)nn1.Nc1ccc(Sc2nnc3ccccn23)nn1.O=C(CBr)NC(=O)C1CC1.O=C(Nc1cn2nc(Sc3nnc4ccccn34)ccc2n1)C1CC1.S=c1[nH]nc2ccccn12. The molecule has 0 bridgehead atoms. The van der Waals surface area contributed by atoms with Crippen molar-refractivity contribution in [1.29, 1.82) is 0 Å². The number of aromatic nitrogens is 16. The first-order valence-electron chi connectivity index (χ1n) is 21.8. The number of nitrogens with two attached hydrogens (primary N) is 2. The summed E-state index contributed by atoms with van der Waals surface area (Å²) in [5.74, 6) is 0.400. The van der Waals surface area contributed by atoms with Crippen molar-refractivity contribution in [2.45, 2.75) is 53.0 Å². The molecule has 2 fully saturated rings. The summed E-state index contributed by atoms with van der Waals surface area (Å²) < 4.78 is 7.91. The number of alkyl halides is 1. The Morgan fingerprint density at radius 3 is 1.77 bits per heavy atom. The van der Waals surface area contributed by atoms with Crippen LogP contribution in [0.15, 0.2) is 136 Å². The van der Waals surface area contributed by atoms with Gasteiger partial charge in [-0.2, -0.15) is 10.2 Å². The highest BCUT2D eigenvalue weighted by atomic mass is 79.9. The number of aromatic amines is 1. The number of amides is 3. The number of nitrogen functional groups attached to an aromatic ring is 2. The second kappa shape index (κ2) is 26.1. The van der Waals surface area contributed by atoms with Gasteiger partial charge in [-0.3, -0.25) is 42.8 Å². The van der Waals surface area contributed by atoms with Gasteiger partial charge >= 0.3 is 0 Å². The number of fused-ring (bicyclic) bond motifs is 4. The molecule has 0 spiro atoms. The number of carbonyl (C=O) groups excluding carboxylic acids is 3. The molecule has 0 aliphatic heterocycles. The lowest BCUT2D eigenvalue weighted by molar-refractivity contribution is -0.134. The lowest BCUT2D eigenvalue weighted by atomic mass is 10.4. The van der Waals surface area contributed by atoms with E-state index in [4.69, 9.17) is 45.2 Å². The van der Waals surface area contributed by atoms with Gasteiger partial charge in [0.05, 0.1) is 11.5 Å². The fourth-order valence-electron chi connectivity index (χ4n) is 5.70. The van der Waals surface area contributed by atoms with E-state index < -0.39 is 5.97 Å². The number of hydrogen-bond donors (Lipinski definition) is 6. The van der Waals surface area contributed by atoms with Crippen molar-refractivity contribution in [3.8, 4) is 0 Å². The zero-order chi connectivity index (χ0) is 52.6. The summed E-state index contributed by atoms with van der Waals surface area (Å²) in [5.41, 5.74) is 13.8. The predicted molar refractivity (Wildman–Crippen MR) is 280 cm³/mol. The Bertz CT molecular complexity index is 3540. The number of nitrogens with zero attached hydrogens (tertiary/aromatic N) is 15. The molecule has 0 saturated heterocycles. The molecule has 8 N–H and O–H groups in total. The fourth-order valence-corrected chi connectivity index (χ4v) is 7.67. The third-order valence-electron chi connectivity index (χ3n) is 9.42. The highest BCUT2D eigenvalue weighted by molar-refractivity contribution is 9.09. The summed E-state index contributed by atoms with van der Waals surface area (Å²) in [6.07, 6.45) is 11.2. The Kier molecular flexibility index (Phi) is 19.0. The number of carboxylic acids is 1. The van der Waals surface area contributed by atoms with E-state index in [-0.39, 0.29) is 34.9 Å². The minimum Gasteiger partial charge on any atom is -0.481 e. The molecule has 10 heterocycles. The molecule has 10 aromatic heterocycles. The number of carboxylic acid groups (broad SMARTS) is 1. The van der Waals surface area contributed by atoms with Gasteiger partial charge < -0.3 is 21.9 Å². The summed E-state index contributed by atoms with van der Waals surface area (Å²) in [4.78, 5) is 46.6. The number of H-pyrrole nitrogens is 1. The molecule has 74 heavy (non-hydrogen) atoms. The molecule has 0 aromatic carbocycles. The number of imidazole rings is 1.